The molecule has 0 atom stereocenters. The number of nitrogens with zero attached hydrogens (tertiary/aromatic N) is 4. The number of rotatable bonds is 3. The average Bonchev–Trinajstić information content (AvgIpc) is 3.10. The molecule has 1 fully saturated rings. The van der Waals surface area contributed by atoms with Crippen molar-refractivity contribution in [2.45, 2.75) is 11.1 Å². The summed E-state index contributed by atoms with van der Waals surface area (Å²) in [4.78, 5) is 11.6. The molecule has 3 aromatic rings. The molecule has 29 heavy (non-hydrogen) atoms. The van der Waals surface area contributed by atoms with Crippen molar-refractivity contribution >= 4 is 42.4 Å². The minimum Gasteiger partial charge on any atom is -0.367 e. The average molecular weight is 443 g/mol. The van der Waals surface area contributed by atoms with Crippen molar-refractivity contribution in [1.82, 2.24) is 9.97 Å². The van der Waals surface area contributed by atoms with E-state index >= 15 is 0 Å². The Labute approximate surface area is 168 Å². The van der Waals surface area contributed by atoms with Crippen molar-refractivity contribution in [3.63, 3.8) is 0 Å². The lowest BCUT2D eigenvalue weighted by molar-refractivity contribution is -0.137. The summed E-state index contributed by atoms with van der Waals surface area (Å²) in [5, 5.41) is 5.79. The van der Waals surface area contributed by atoms with E-state index < -0.39 is 26.7 Å². The summed E-state index contributed by atoms with van der Waals surface area (Å²) < 4.78 is 64.5. The van der Waals surface area contributed by atoms with Gasteiger partial charge in [0.2, 0.25) is 10.0 Å². The number of hydrogen-bond donors (Lipinski definition) is 1. The van der Waals surface area contributed by atoms with E-state index in [-0.39, 0.29) is 5.69 Å². The molecular formula is C17H16F3N5O2S2. The molecule has 0 spiro atoms. The molecule has 4 rings (SSSR count). The molecule has 1 aliphatic heterocycles. The van der Waals surface area contributed by atoms with E-state index in [2.05, 4.69) is 9.97 Å². The van der Waals surface area contributed by atoms with E-state index in [1.807, 2.05) is 11.0 Å². The van der Waals surface area contributed by atoms with E-state index in [4.69, 9.17) is 5.14 Å². The van der Waals surface area contributed by atoms with Crippen LogP contribution in [0.5, 0.6) is 0 Å². The normalized spacial score (nSPS) is 15.9. The van der Waals surface area contributed by atoms with Crippen molar-refractivity contribution in [1.29, 1.82) is 0 Å². The maximum absolute atomic E-state index is 13.5. The highest BCUT2D eigenvalue weighted by Crippen LogP contribution is 2.38. The molecule has 0 unspecified atom stereocenters. The Morgan fingerprint density at radius 2 is 1.76 bits per heavy atom. The summed E-state index contributed by atoms with van der Waals surface area (Å²) >= 11 is 1.51. The van der Waals surface area contributed by atoms with E-state index in [1.54, 1.807) is 17.3 Å². The smallest absolute Gasteiger partial charge is 0.367 e. The standard InChI is InChI=1S/C17H16F3N5O2S2/c18-17(19,20)12-9-11(29(21,26)27)1-2-14(12)24-5-7-25(8-6-24)16-23-13-10-22-4-3-15(13)28-16/h1-4,9-10H,5-8H2,(H2,21,26,27). The molecule has 1 saturated heterocycles. The van der Waals surface area contributed by atoms with Crippen LogP contribution in [-0.4, -0.2) is 44.6 Å². The van der Waals surface area contributed by atoms with Gasteiger partial charge in [0.05, 0.1) is 21.4 Å². The van der Waals surface area contributed by atoms with Crippen LogP contribution in [0.3, 0.4) is 0 Å². The number of anilines is 2. The van der Waals surface area contributed by atoms with Crippen molar-refractivity contribution in [3.05, 3.63) is 42.2 Å². The van der Waals surface area contributed by atoms with Gasteiger partial charge >= 0.3 is 6.18 Å². The van der Waals surface area contributed by atoms with E-state index in [0.717, 1.165) is 21.4 Å². The zero-order chi connectivity index (χ0) is 20.8. The second kappa shape index (κ2) is 7.11. The van der Waals surface area contributed by atoms with Gasteiger partial charge in [0.25, 0.3) is 0 Å². The third-order valence-corrected chi connectivity index (χ3v) is 6.68. The monoisotopic (exact) mass is 443 g/mol. The summed E-state index contributed by atoms with van der Waals surface area (Å²) in [6.07, 6.45) is -1.34. The van der Waals surface area contributed by atoms with Crippen LogP contribution >= 0.6 is 11.3 Å². The number of nitrogens with two attached hydrogens (primary N) is 1. The molecule has 2 N–H and O–H groups in total. The Morgan fingerprint density at radius 3 is 2.38 bits per heavy atom. The fourth-order valence-electron chi connectivity index (χ4n) is 3.24. The van der Waals surface area contributed by atoms with Gasteiger partial charge in [-0.3, -0.25) is 4.98 Å². The van der Waals surface area contributed by atoms with Crippen LogP contribution < -0.4 is 14.9 Å². The van der Waals surface area contributed by atoms with Crippen molar-refractivity contribution in [2.24, 2.45) is 5.14 Å². The van der Waals surface area contributed by atoms with E-state index in [0.29, 0.717) is 32.2 Å². The third kappa shape index (κ3) is 4.00. The molecule has 154 valence electrons. The van der Waals surface area contributed by atoms with Crippen molar-refractivity contribution in [3.8, 4) is 0 Å². The second-order valence-corrected chi connectivity index (χ2v) is 9.11. The molecule has 3 heterocycles. The van der Waals surface area contributed by atoms with Crippen LogP contribution in [0, 0.1) is 0 Å². The highest BCUT2D eigenvalue weighted by Gasteiger charge is 2.36. The maximum atomic E-state index is 13.5. The fourth-order valence-corrected chi connectivity index (χ4v) is 4.76. The van der Waals surface area contributed by atoms with E-state index in [1.165, 1.54) is 17.4 Å². The number of sulfonamides is 1. The quantitative estimate of drug-likeness (QED) is 0.669. The van der Waals surface area contributed by atoms with E-state index in [9.17, 15) is 21.6 Å². The summed E-state index contributed by atoms with van der Waals surface area (Å²) in [6, 6.07) is 4.74. The number of thiazole rings is 1. The summed E-state index contributed by atoms with van der Waals surface area (Å²) in [7, 11) is -4.23. The topological polar surface area (TPSA) is 92.4 Å². The van der Waals surface area contributed by atoms with Gasteiger partial charge in [-0.2, -0.15) is 13.2 Å². The third-order valence-electron chi connectivity index (χ3n) is 4.67. The number of piperazine rings is 1. The molecule has 0 aliphatic carbocycles. The SMILES string of the molecule is NS(=O)(=O)c1ccc(N2CCN(c3nc4cnccc4s3)CC2)c(C(F)(F)F)c1. The first-order valence-electron chi connectivity index (χ1n) is 8.57. The number of halogens is 3. The first-order chi connectivity index (χ1) is 13.6. The van der Waals surface area contributed by atoms with Gasteiger partial charge in [0.1, 0.15) is 5.52 Å². The Bertz CT molecular complexity index is 1120. The van der Waals surface area contributed by atoms with Gasteiger partial charge < -0.3 is 9.80 Å². The Kier molecular flexibility index (Phi) is 4.87. The maximum Gasteiger partial charge on any atom is 0.418 e. The number of aromatic nitrogens is 2. The second-order valence-electron chi connectivity index (χ2n) is 6.54. The molecule has 1 aromatic carbocycles. The van der Waals surface area contributed by atoms with Gasteiger partial charge in [-0.15, -0.1) is 0 Å². The van der Waals surface area contributed by atoms with Crippen LogP contribution in [0.2, 0.25) is 0 Å². The van der Waals surface area contributed by atoms with Gasteiger partial charge in [-0.25, -0.2) is 18.5 Å². The van der Waals surface area contributed by atoms with Crippen molar-refractivity contribution < 1.29 is 21.6 Å². The predicted octanol–water partition coefficient (Wildman–Crippen LogP) is 2.68. The lowest BCUT2D eigenvalue weighted by Crippen LogP contribution is -2.47. The number of hydrogen-bond acceptors (Lipinski definition) is 7. The summed E-state index contributed by atoms with van der Waals surface area (Å²) in [5.74, 6) is 0. The zero-order valence-electron chi connectivity index (χ0n) is 14.9. The van der Waals surface area contributed by atoms with Crippen LogP contribution in [0.25, 0.3) is 10.2 Å². The largest absolute Gasteiger partial charge is 0.418 e. The highest BCUT2D eigenvalue weighted by molar-refractivity contribution is 7.89. The number of benzene rings is 1. The number of alkyl halides is 3. The molecule has 7 nitrogen and oxygen atoms in total. The highest BCUT2D eigenvalue weighted by atomic mass is 32.2. The lowest BCUT2D eigenvalue weighted by Gasteiger charge is -2.37. The van der Waals surface area contributed by atoms with Gasteiger partial charge in [-0.05, 0) is 24.3 Å². The fraction of sp³-hybridized carbons (Fsp3) is 0.294. The molecule has 1 aliphatic rings. The molecule has 0 saturated carbocycles. The summed E-state index contributed by atoms with van der Waals surface area (Å²) in [5.41, 5.74) is -0.283. The molecule has 0 radical (unpaired) electrons. The number of primary sulfonamides is 1. The van der Waals surface area contributed by atoms with Crippen LogP contribution in [0.4, 0.5) is 24.0 Å². The van der Waals surface area contributed by atoms with Gasteiger partial charge in [0.15, 0.2) is 5.13 Å². The Hall–Kier alpha value is -2.44. The molecule has 2 aromatic heterocycles. The first-order valence-corrected chi connectivity index (χ1v) is 10.9. The minimum atomic E-state index is -4.70. The molecule has 0 bridgehead atoms. The Balaban J connectivity index is 1.58. The first kappa shape index (κ1) is 19.9. The van der Waals surface area contributed by atoms with Crippen LogP contribution in [0.1, 0.15) is 5.56 Å². The lowest BCUT2D eigenvalue weighted by atomic mass is 10.1. The predicted molar refractivity (Wildman–Crippen MR) is 105 cm³/mol. The minimum absolute atomic E-state index is 0.0574. The number of pyridine rings is 1. The van der Waals surface area contributed by atoms with Crippen LogP contribution in [0.15, 0.2) is 41.6 Å². The number of fused-ring (bicyclic) bond motifs is 1. The van der Waals surface area contributed by atoms with Gasteiger partial charge in [-0.1, -0.05) is 11.3 Å². The zero-order valence-corrected chi connectivity index (χ0v) is 16.6. The molecule has 0 amide bonds. The Morgan fingerprint density at radius 1 is 1.07 bits per heavy atom. The van der Waals surface area contributed by atoms with Gasteiger partial charge in [0, 0.05) is 38.1 Å². The molecule has 12 heteroatoms. The van der Waals surface area contributed by atoms with Crippen molar-refractivity contribution in [2.75, 3.05) is 36.0 Å². The molecular weight excluding hydrogens is 427 g/mol. The summed E-state index contributed by atoms with van der Waals surface area (Å²) in [6.45, 7) is 1.65. The van der Waals surface area contributed by atoms with Crippen LogP contribution in [-0.2, 0) is 16.2 Å².